The Kier molecular flexibility index (Phi) is 8.18. The summed E-state index contributed by atoms with van der Waals surface area (Å²) >= 11 is 5.83. The van der Waals surface area contributed by atoms with Gasteiger partial charge in [-0.25, -0.2) is 8.42 Å². The second-order valence-electron chi connectivity index (χ2n) is 6.58. The van der Waals surface area contributed by atoms with Gasteiger partial charge in [-0.2, -0.15) is 0 Å². The summed E-state index contributed by atoms with van der Waals surface area (Å²) in [7, 11) is -3.57. The van der Waals surface area contributed by atoms with Gasteiger partial charge < -0.3 is 10.1 Å². The molecule has 2 rings (SSSR count). The van der Waals surface area contributed by atoms with E-state index in [0.29, 0.717) is 36.4 Å². The number of anilines is 1. The second-order valence-corrected chi connectivity index (χ2v) is 8.92. The molecular formula is C18H27ClN2O4S. The first kappa shape index (κ1) is 21.0. The summed E-state index contributed by atoms with van der Waals surface area (Å²) in [6, 6.07) is 6.34. The molecule has 1 aliphatic carbocycles. The molecule has 0 bridgehead atoms. The van der Waals surface area contributed by atoms with Gasteiger partial charge in [-0.05, 0) is 43.5 Å². The van der Waals surface area contributed by atoms with Crippen LogP contribution in [0.4, 0.5) is 5.69 Å². The van der Waals surface area contributed by atoms with Crippen LogP contribution in [0.2, 0.25) is 5.02 Å². The lowest BCUT2D eigenvalue weighted by Crippen LogP contribution is -2.40. The van der Waals surface area contributed by atoms with Crippen LogP contribution in [0.1, 0.15) is 38.5 Å². The van der Waals surface area contributed by atoms with Crippen molar-refractivity contribution in [2.45, 2.75) is 44.6 Å². The normalized spacial score (nSPS) is 15.6. The van der Waals surface area contributed by atoms with Crippen molar-refractivity contribution in [3.63, 3.8) is 0 Å². The maximum absolute atomic E-state index is 12.1. The summed E-state index contributed by atoms with van der Waals surface area (Å²) < 4.78 is 30.9. The van der Waals surface area contributed by atoms with Gasteiger partial charge in [0.25, 0.3) is 0 Å². The van der Waals surface area contributed by atoms with Gasteiger partial charge in [-0.1, -0.05) is 30.9 Å². The van der Waals surface area contributed by atoms with Gasteiger partial charge in [0, 0.05) is 18.2 Å². The van der Waals surface area contributed by atoms with Crippen molar-refractivity contribution in [2.24, 2.45) is 0 Å². The van der Waals surface area contributed by atoms with Crippen LogP contribution in [0.5, 0.6) is 0 Å². The molecule has 0 unspecified atom stereocenters. The number of benzene rings is 1. The van der Waals surface area contributed by atoms with E-state index in [1.165, 1.54) is 19.3 Å². The largest absolute Gasteiger partial charge is 0.378 e. The monoisotopic (exact) mass is 402 g/mol. The minimum atomic E-state index is -3.57. The molecule has 0 aromatic heterocycles. The van der Waals surface area contributed by atoms with Crippen molar-refractivity contribution < 1.29 is 17.9 Å². The number of ether oxygens (including phenoxy) is 1. The van der Waals surface area contributed by atoms with Crippen LogP contribution < -0.4 is 9.62 Å². The van der Waals surface area contributed by atoms with E-state index in [0.717, 1.165) is 23.4 Å². The van der Waals surface area contributed by atoms with Gasteiger partial charge in [0.05, 0.1) is 18.0 Å². The lowest BCUT2D eigenvalue weighted by Gasteiger charge is -2.23. The Hall–Kier alpha value is -1.31. The first-order valence-electron chi connectivity index (χ1n) is 8.98. The molecule has 1 aliphatic rings. The molecular weight excluding hydrogens is 376 g/mol. The average molecular weight is 403 g/mol. The first-order valence-corrected chi connectivity index (χ1v) is 11.2. The fraction of sp³-hybridized carbons (Fsp3) is 0.611. The summed E-state index contributed by atoms with van der Waals surface area (Å²) in [4.78, 5) is 12.1. The van der Waals surface area contributed by atoms with E-state index in [-0.39, 0.29) is 12.5 Å². The van der Waals surface area contributed by atoms with E-state index >= 15 is 0 Å². The van der Waals surface area contributed by atoms with Crippen LogP contribution in [0.3, 0.4) is 0 Å². The Balaban J connectivity index is 1.75. The molecule has 0 atom stereocenters. The van der Waals surface area contributed by atoms with Crippen molar-refractivity contribution in [1.82, 2.24) is 5.32 Å². The fourth-order valence-corrected chi connectivity index (χ4v) is 3.96. The summed E-state index contributed by atoms with van der Waals surface area (Å²) in [5.41, 5.74) is 0.410. The second kappa shape index (κ2) is 10.1. The number of hydrogen-bond acceptors (Lipinski definition) is 4. The number of carbonyl (C=O) groups excluding carboxylic acids is 1. The van der Waals surface area contributed by atoms with Gasteiger partial charge in [0.1, 0.15) is 6.54 Å². The Labute approximate surface area is 160 Å². The van der Waals surface area contributed by atoms with Crippen LogP contribution in [0.15, 0.2) is 24.3 Å². The Morgan fingerprint density at radius 3 is 2.50 bits per heavy atom. The number of hydrogen-bond donors (Lipinski definition) is 1. The number of nitrogens with zero attached hydrogens (tertiary/aromatic N) is 1. The third kappa shape index (κ3) is 7.13. The summed E-state index contributed by atoms with van der Waals surface area (Å²) in [5, 5.41) is 3.26. The molecule has 0 heterocycles. The zero-order valence-corrected chi connectivity index (χ0v) is 16.7. The standard InChI is InChI=1S/C18H27ClN2O4S/c1-26(23,24)21(16-10-8-15(19)9-11-16)14-18(22)20-12-5-13-25-17-6-3-2-4-7-17/h8-11,17H,2-7,12-14H2,1H3,(H,20,22). The highest BCUT2D eigenvalue weighted by atomic mass is 35.5. The van der Waals surface area contributed by atoms with E-state index < -0.39 is 10.0 Å². The number of amides is 1. The quantitative estimate of drug-likeness (QED) is 0.644. The van der Waals surface area contributed by atoms with Gasteiger partial charge >= 0.3 is 0 Å². The average Bonchev–Trinajstić information content (AvgIpc) is 2.60. The van der Waals surface area contributed by atoms with Gasteiger partial charge in [0.15, 0.2) is 0 Å². The van der Waals surface area contributed by atoms with E-state index in [9.17, 15) is 13.2 Å². The van der Waals surface area contributed by atoms with Gasteiger partial charge in [0.2, 0.25) is 15.9 Å². The maximum atomic E-state index is 12.1. The topological polar surface area (TPSA) is 75.7 Å². The first-order chi connectivity index (χ1) is 12.4. The molecule has 146 valence electrons. The molecule has 1 aromatic rings. The molecule has 1 aromatic carbocycles. The van der Waals surface area contributed by atoms with Crippen LogP contribution in [0.25, 0.3) is 0 Å². The molecule has 26 heavy (non-hydrogen) atoms. The van der Waals surface area contributed by atoms with Crippen LogP contribution in [-0.2, 0) is 19.6 Å². The minimum absolute atomic E-state index is 0.260. The van der Waals surface area contributed by atoms with Crippen LogP contribution in [0, 0.1) is 0 Å². The third-order valence-electron chi connectivity index (χ3n) is 4.35. The number of sulfonamides is 1. The van der Waals surface area contributed by atoms with E-state index in [1.54, 1.807) is 24.3 Å². The molecule has 0 saturated heterocycles. The third-order valence-corrected chi connectivity index (χ3v) is 5.74. The van der Waals surface area contributed by atoms with Crippen LogP contribution >= 0.6 is 11.6 Å². The smallest absolute Gasteiger partial charge is 0.240 e. The molecule has 8 heteroatoms. The van der Waals surface area contributed by atoms with Crippen LogP contribution in [-0.4, -0.2) is 46.4 Å². The zero-order chi connectivity index (χ0) is 19.0. The van der Waals surface area contributed by atoms with E-state index in [2.05, 4.69) is 5.32 Å². The highest BCUT2D eigenvalue weighted by Gasteiger charge is 2.20. The highest BCUT2D eigenvalue weighted by Crippen LogP contribution is 2.21. The van der Waals surface area contributed by atoms with E-state index in [1.807, 2.05) is 0 Å². The van der Waals surface area contributed by atoms with Crippen molar-refractivity contribution in [3.8, 4) is 0 Å². The fourth-order valence-electron chi connectivity index (χ4n) is 2.98. The molecule has 1 N–H and O–H groups in total. The number of nitrogens with one attached hydrogen (secondary N) is 1. The van der Waals surface area contributed by atoms with Crippen molar-refractivity contribution in [1.29, 1.82) is 0 Å². The molecule has 1 amide bonds. The van der Waals surface area contributed by atoms with Gasteiger partial charge in [-0.15, -0.1) is 0 Å². The lowest BCUT2D eigenvalue weighted by atomic mass is 9.98. The van der Waals surface area contributed by atoms with Gasteiger partial charge in [-0.3, -0.25) is 9.10 Å². The Morgan fingerprint density at radius 2 is 1.88 bits per heavy atom. The molecule has 6 nitrogen and oxygen atoms in total. The van der Waals surface area contributed by atoms with Crippen molar-refractivity contribution in [2.75, 3.05) is 30.3 Å². The Bertz CT molecular complexity index is 673. The number of rotatable bonds is 9. The predicted octanol–water partition coefficient (Wildman–Crippen LogP) is 2.96. The Morgan fingerprint density at radius 1 is 1.23 bits per heavy atom. The molecule has 0 radical (unpaired) electrons. The molecule has 1 fully saturated rings. The SMILES string of the molecule is CS(=O)(=O)N(CC(=O)NCCCOC1CCCCC1)c1ccc(Cl)cc1. The lowest BCUT2D eigenvalue weighted by molar-refractivity contribution is -0.119. The minimum Gasteiger partial charge on any atom is -0.378 e. The molecule has 0 aliphatic heterocycles. The zero-order valence-electron chi connectivity index (χ0n) is 15.1. The molecule has 1 saturated carbocycles. The molecule has 0 spiro atoms. The van der Waals surface area contributed by atoms with Crippen molar-refractivity contribution in [3.05, 3.63) is 29.3 Å². The summed E-state index contributed by atoms with van der Waals surface area (Å²) in [5.74, 6) is -0.344. The number of halogens is 1. The predicted molar refractivity (Wildman–Crippen MR) is 104 cm³/mol. The van der Waals surface area contributed by atoms with Crippen molar-refractivity contribution >= 4 is 33.2 Å². The maximum Gasteiger partial charge on any atom is 0.240 e. The highest BCUT2D eigenvalue weighted by molar-refractivity contribution is 7.92. The summed E-state index contributed by atoms with van der Waals surface area (Å²) in [6.07, 6.45) is 8.13. The van der Waals surface area contributed by atoms with E-state index in [4.69, 9.17) is 16.3 Å². The number of carbonyl (C=O) groups is 1. The summed E-state index contributed by atoms with van der Waals surface area (Å²) in [6.45, 7) is 0.811.